The standard InChI is InChI=1S/C22H16F3N3O4/c23-22(24,25)16-10-15(9-6-13(16)11-26)32-14-7-4-12(5-8-14)17-2-1-3-18(28-17)19(29)20(30)21(27)31/h1-10,19-20,29-30H,(H2,27,31)/t19-,20?/m1/s1. The van der Waals surface area contributed by atoms with Crippen LogP contribution in [0.2, 0.25) is 0 Å². The molecule has 4 N–H and O–H groups in total. The van der Waals surface area contributed by atoms with Crippen molar-refractivity contribution in [3.05, 3.63) is 77.5 Å². The molecule has 2 atom stereocenters. The van der Waals surface area contributed by atoms with Crippen LogP contribution >= 0.6 is 0 Å². The predicted octanol–water partition coefficient (Wildman–Crippen LogP) is 3.31. The predicted molar refractivity (Wildman–Crippen MR) is 106 cm³/mol. The lowest BCUT2D eigenvalue weighted by molar-refractivity contribution is -0.138. The number of aliphatic hydroxyl groups is 2. The zero-order valence-electron chi connectivity index (χ0n) is 16.2. The molecule has 3 rings (SSSR count). The number of halogens is 3. The van der Waals surface area contributed by atoms with E-state index in [9.17, 15) is 28.2 Å². The number of ether oxygens (including phenoxy) is 1. The van der Waals surface area contributed by atoms with E-state index in [0.717, 1.165) is 12.1 Å². The van der Waals surface area contributed by atoms with Gasteiger partial charge < -0.3 is 20.7 Å². The van der Waals surface area contributed by atoms with Gasteiger partial charge in [0.15, 0.2) is 6.10 Å². The molecule has 32 heavy (non-hydrogen) atoms. The fourth-order valence-corrected chi connectivity index (χ4v) is 2.84. The number of amides is 1. The molecule has 1 amide bonds. The Morgan fingerprint density at radius 2 is 1.72 bits per heavy atom. The first kappa shape index (κ1) is 22.7. The maximum atomic E-state index is 13.1. The number of benzene rings is 2. The Bertz CT molecular complexity index is 1170. The average Bonchev–Trinajstić information content (AvgIpc) is 2.78. The van der Waals surface area contributed by atoms with Crippen LogP contribution < -0.4 is 10.5 Å². The zero-order chi connectivity index (χ0) is 23.5. The number of primary amides is 1. The van der Waals surface area contributed by atoms with Crippen molar-refractivity contribution in [3.8, 4) is 28.8 Å². The Hall–Kier alpha value is -3.94. The quantitative estimate of drug-likeness (QED) is 0.536. The number of rotatable bonds is 6. The third-order valence-electron chi connectivity index (χ3n) is 4.47. The Balaban J connectivity index is 1.82. The molecule has 7 nitrogen and oxygen atoms in total. The fourth-order valence-electron chi connectivity index (χ4n) is 2.84. The van der Waals surface area contributed by atoms with E-state index in [1.807, 2.05) is 0 Å². The second kappa shape index (κ2) is 9.05. The smallest absolute Gasteiger partial charge is 0.417 e. The van der Waals surface area contributed by atoms with Crippen molar-refractivity contribution in [1.82, 2.24) is 4.98 Å². The first-order valence-corrected chi connectivity index (χ1v) is 9.12. The maximum Gasteiger partial charge on any atom is 0.417 e. The minimum absolute atomic E-state index is 0.0337. The van der Waals surface area contributed by atoms with Gasteiger partial charge >= 0.3 is 6.18 Å². The van der Waals surface area contributed by atoms with Crippen LogP contribution in [0.4, 0.5) is 13.2 Å². The third-order valence-corrected chi connectivity index (χ3v) is 4.47. The number of aliphatic hydroxyl groups excluding tert-OH is 2. The molecule has 0 radical (unpaired) electrons. The van der Waals surface area contributed by atoms with Crippen molar-refractivity contribution >= 4 is 5.91 Å². The molecule has 0 saturated heterocycles. The van der Waals surface area contributed by atoms with Crippen LogP contribution in [0.3, 0.4) is 0 Å². The first-order valence-electron chi connectivity index (χ1n) is 9.12. The number of carbonyl (C=O) groups is 1. The van der Waals surface area contributed by atoms with E-state index in [-0.39, 0.29) is 17.2 Å². The van der Waals surface area contributed by atoms with E-state index in [0.29, 0.717) is 11.3 Å². The van der Waals surface area contributed by atoms with Gasteiger partial charge in [-0.25, -0.2) is 4.98 Å². The molecule has 3 aromatic rings. The number of pyridine rings is 1. The monoisotopic (exact) mass is 443 g/mol. The largest absolute Gasteiger partial charge is 0.457 e. The Kier molecular flexibility index (Phi) is 6.43. The molecule has 0 aliphatic carbocycles. The topological polar surface area (TPSA) is 129 Å². The van der Waals surface area contributed by atoms with E-state index in [4.69, 9.17) is 15.7 Å². The van der Waals surface area contributed by atoms with Gasteiger partial charge in [0.2, 0.25) is 5.91 Å². The van der Waals surface area contributed by atoms with Gasteiger partial charge in [-0.2, -0.15) is 18.4 Å². The van der Waals surface area contributed by atoms with Gasteiger partial charge in [-0.3, -0.25) is 4.79 Å². The molecule has 164 valence electrons. The molecule has 0 saturated carbocycles. The minimum atomic E-state index is -4.70. The highest BCUT2D eigenvalue weighted by Gasteiger charge is 2.34. The van der Waals surface area contributed by atoms with Gasteiger partial charge in [-0.1, -0.05) is 6.07 Å². The molecule has 1 aromatic heterocycles. The number of alkyl halides is 3. The van der Waals surface area contributed by atoms with Gasteiger partial charge in [0.25, 0.3) is 0 Å². The Morgan fingerprint density at radius 1 is 1.06 bits per heavy atom. The van der Waals surface area contributed by atoms with Gasteiger partial charge in [0, 0.05) is 5.56 Å². The summed E-state index contributed by atoms with van der Waals surface area (Å²) in [6.45, 7) is 0. The number of carbonyl (C=O) groups excluding carboxylic acids is 1. The summed E-state index contributed by atoms with van der Waals surface area (Å²) in [5.74, 6) is -0.942. The van der Waals surface area contributed by atoms with E-state index < -0.39 is 35.4 Å². The van der Waals surface area contributed by atoms with Crippen LogP contribution in [-0.4, -0.2) is 27.2 Å². The normalized spacial score (nSPS) is 13.1. The molecule has 2 aromatic carbocycles. The summed E-state index contributed by atoms with van der Waals surface area (Å²) in [7, 11) is 0. The second-order valence-corrected chi connectivity index (χ2v) is 6.68. The number of aromatic nitrogens is 1. The molecule has 0 bridgehead atoms. The van der Waals surface area contributed by atoms with E-state index in [1.165, 1.54) is 30.3 Å². The van der Waals surface area contributed by atoms with Crippen LogP contribution in [0.25, 0.3) is 11.3 Å². The van der Waals surface area contributed by atoms with E-state index in [2.05, 4.69) is 4.98 Å². The van der Waals surface area contributed by atoms with Gasteiger partial charge in [-0.05, 0) is 54.6 Å². The maximum absolute atomic E-state index is 13.1. The van der Waals surface area contributed by atoms with Crippen LogP contribution in [0.5, 0.6) is 11.5 Å². The molecular weight excluding hydrogens is 427 g/mol. The summed E-state index contributed by atoms with van der Waals surface area (Å²) in [6, 6.07) is 15.3. The molecule has 0 aliphatic rings. The lowest BCUT2D eigenvalue weighted by Crippen LogP contribution is -2.34. The SMILES string of the molecule is N#Cc1ccc(Oc2ccc(-c3cccc([C@@H](O)C(O)C(N)=O)n3)cc2)cc1C(F)(F)F. The second-order valence-electron chi connectivity index (χ2n) is 6.68. The average molecular weight is 443 g/mol. The van der Waals surface area contributed by atoms with Crippen molar-refractivity contribution in [2.75, 3.05) is 0 Å². The van der Waals surface area contributed by atoms with Crippen molar-refractivity contribution < 1.29 is 32.9 Å². The van der Waals surface area contributed by atoms with Crippen molar-refractivity contribution in [3.63, 3.8) is 0 Å². The number of nitriles is 1. The Morgan fingerprint density at radius 3 is 2.31 bits per heavy atom. The summed E-state index contributed by atoms with van der Waals surface area (Å²) < 4.78 is 44.8. The van der Waals surface area contributed by atoms with E-state index >= 15 is 0 Å². The fraction of sp³-hybridized carbons (Fsp3) is 0.136. The van der Waals surface area contributed by atoms with Crippen LogP contribution in [-0.2, 0) is 11.0 Å². The molecule has 1 heterocycles. The molecule has 1 unspecified atom stereocenters. The number of nitrogens with two attached hydrogens (primary N) is 1. The van der Waals surface area contributed by atoms with Crippen LogP contribution in [0, 0.1) is 11.3 Å². The molecule has 10 heteroatoms. The number of hydrogen-bond acceptors (Lipinski definition) is 6. The number of nitrogens with zero attached hydrogens (tertiary/aromatic N) is 2. The van der Waals surface area contributed by atoms with Crippen LogP contribution in [0.15, 0.2) is 60.7 Å². The first-order chi connectivity index (χ1) is 15.1. The molecule has 0 spiro atoms. The molecule has 0 fully saturated rings. The lowest BCUT2D eigenvalue weighted by Gasteiger charge is -2.15. The third kappa shape index (κ3) is 5.03. The van der Waals surface area contributed by atoms with Crippen LogP contribution in [0.1, 0.15) is 22.9 Å². The summed E-state index contributed by atoms with van der Waals surface area (Å²) in [4.78, 5) is 15.3. The Labute approximate surface area is 180 Å². The highest BCUT2D eigenvalue weighted by molar-refractivity contribution is 5.79. The summed E-state index contributed by atoms with van der Waals surface area (Å²) in [5.41, 5.74) is 4.41. The zero-order valence-corrected chi connectivity index (χ0v) is 16.2. The molecule has 0 aliphatic heterocycles. The van der Waals surface area contributed by atoms with Crippen molar-refractivity contribution in [2.24, 2.45) is 5.73 Å². The highest BCUT2D eigenvalue weighted by Crippen LogP contribution is 2.35. The highest BCUT2D eigenvalue weighted by atomic mass is 19.4. The van der Waals surface area contributed by atoms with Gasteiger partial charge in [0.1, 0.15) is 17.6 Å². The number of hydrogen-bond donors (Lipinski definition) is 3. The van der Waals surface area contributed by atoms with E-state index in [1.54, 1.807) is 24.3 Å². The summed E-state index contributed by atoms with van der Waals surface area (Å²) in [5, 5.41) is 28.5. The summed E-state index contributed by atoms with van der Waals surface area (Å²) >= 11 is 0. The minimum Gasteiger partial charge on any atom is -0.457 e. The van der Waals surface area contributed by atoms with Gasteiger partial charge in [-0.15, -0.1) is 0 Å². The lowest BCUT2D eigenvalue weighted by atomic mass is 10.1. The van der Waals surface area contributed by atoms with Crippen molar-refractivity contribution in [1.29, 1.82) is 5.26 Å². The van der Waals surface area contributed by atoms with Crippen molar-refractivity contribution in [2.45, 2.75) is 18.4 Å². The van der Waals surface area contributed by atoms with Gasteiger partial charge in [0.05, 0.1) is 28.6 Å². The summed E-state index contributed by atoms with van der Waals surface area (Å²) in [6.07, 6.45) is -8.12. The molecular formula is C22H16F3N3O4.